The summed E-state index contributed by atoms with van der Waals surface area (Å²) in [6.07, 6.45) is 1.87. The van der Waals surface area contributed by atoms with Crippen molar-refractivity contribution in [3.05, 3.63) is 94.8 Å². The number of benzene rings is 3. The van der Waals surface area contributed by atoms with Crippen LogP contribution in [0.1, 0.15) is 63.6 Å². The average molecular weight is 598 g/mol. The first-order valence-electron chi connectivity index (χ1n) is 14.5. The fourth-order valence-electron chi connectivity index (χ4n) is 5.23. The number of aliphatic carboxylic acids is 1. The molecule has 3 N–H and O–H groups in total. The van der Waals surface area contributed by atoms with Gasteiger partial charge < -0.3 is 25.5 Å². The molecule has 1 unspecified atom stereocenters. The van der Waals surface area contributed by atoms with E-state index in [1.165, 1.54) is 24.3 Å². The van der Waals surface area contributed by atoms with Gasteiger partial charge in [0.05, 0.1) is 35.5 Å². The molecule has 10 nitrogen and oxygen atoms in total. The standard InChI is InChI=1S/C33H32FN5O5/c34-26-11-8-22(9-12-26)27(19-30(40)41)36-32(43)25-10-13-29(28(18-25)37-31(42)23-6-7-23)38-14-1-15-39(17-16-38)33(44)24-4-2-21(20-35)3-5-24/h2-5,8-13,18,23,27H,1,6-7,14-17,19H2,(H,36,43)(H,37,42)(H,40,41). The highest BCUT2D eigenvalue weighted by atomic mass is 19.1. The van der Waals surface area contributed by atoms with Gasteiger partial charge in [-0.1, -0.05) is 12.1 Å². The Morgan fingerprint density at radius 1 is 0.932 bits per heavy atom. The molecule has 3 aromatic carbocycles. The number of hydrogen-bond acceptors (Lipinski definition) is 6. The number of nitrogens with zero attached hydrogens (tertiary/aromatic N) is 3. The highest BCUT2D eigenvalue weighted by Crippen LogP contribution is 2.34. The van der Waals surface area contributed by atoms with Gasteiger partial charge in [0.25, 0.3) is 11.8 Å². The van der Waals surface area contributed by atoms with Gasteiger partial charge in [0, 0.05) is 43.2 Å². The molecule has 5 rings (SSSR count). The summed E-state index contributed by atoms with van der Waals surface area (Å²) in [6, 6.07) is 17.9. The highest BCUT2D eigenvalue weighted by molar-refractivity contribution is 6.01. The SMILES string of the molecule is N#Cc1ccc(C(=O)N2CCCN(c3ccc(C(=O)NC(CC(=O)O)c4ccc(F)cc4)cc3NC(=O)C3CC3)CC2)cc1. The highest BCUT2D eigenvalue weighted by Gasteiger charge is 2.31. The third-order valence-corrected chi connectivity index (χ3v) is 7.81. The predicted molar refractivity (Wildman–Crippen MR) is 161 cm³/mol. The monoisotopic (exact) mass is 597 g/mol. The maximum atomic E-state index is 13.5. The molecule has 2 aliphatic rings. The Hall–Kier alpha value is -5.24. The van der Waals surface area contributed by atoms with E-state index in [1.54, 1.807) is 47.4 Å². The second-order valence-corrected chi connectivity index (χ2v) is 11.0. The van der Waals surface area contributed by atoms with Crippen molar-refractivity contribution in [2.24, 2.45) is 5.92 Å². The number of nitrogens with one attached hydrogen (secondary N) is 2. The van der Waals surface area contributed by atoms with E-state index in [0.717, 1.165) is 12.8 Å². The Labute approximate surface area is 254 Å². The van der Waals surface area contributed by atoms with E-state index in [2.05, 4.69) is 21.6 Å². The van der Waals surface area contributed by atoms with Crippen molar-refractivity contribution >= 4 is 35.1 Å². The number of carboxylic acid groups (broad SMARTS) is 1. The van der Waals surface area contributed by atoms with Crippen LogP contribution in [0.5, 0.6) is 0 Å². The van der Waals surface area contributed by atoms with Crippen molar-refractivity contribution in [2.45, 2.75) is 31.7 Å². The first-order chi connectivity index (χ1) is 21.2. The fourth-order valence-corrected chi connectivity index (χ4v) is 5.23. The Morgan fingerprint density at radius 2 is 1.64 bits per heavy atom. The van der Waals surface area contributed by atoms with Crippen molar-refractivity contribution in [1.29, 1.82) is 5.26 Å². The summed E-state index contributed by atoms with van der Waals surface area (Å²) in [7, 11) is 0. The minimum atomic E-state index is -1.12. The van der Waals surface area contributed by atoms with Crippen LogP contribution in [0.15, 0.2) is 66.7 Å². The maximum absolute atomic E-state index is 13.5. The van der Waals surface area contributed by atoms with Gasteiger partial charge >= 0.3 is 5.97 Å². The van der Waals surface area contributed by atoms with Crippen LogP contribution in [-0.2, 0) is 9.59 Å². The van der Waals surface area contributed by atoms with Gasteiger partial charge in [-0.25, -0.2) is 4.39 Å². The number of carbonyl (C=O) groups excluding carboxylic acids is 3. The molecular weight excluding hydrogens is 565 g/mol. The van der Waals surface area contributed by atoms with Crippen LogP contribution in [0.2, 0.25) is 0 Å². The molecule has 1 saturated heterocycles. The van der Waals surface area contributed by atoms with Crippen LogP contribution in [-0.4, -0.2) is 59.9 Å². The molecule has 0 radical (unpaired) electrons. The fraction of sp³-hybridized carbons (Fsp3) is 0.303. The number of amides is 3. The Bertz CT molecular complexity index is 1600. The number of anilines is 2. The van der Waals surface area contributed by atoms with Gasteiger partial charge in [-0.15, -0.1) is 0 Å². The predicted octanol–water partition coefficient (Wildman–Crippen LogP) is 4.34. The summed E-state index contributed by atoms with van der Waals surface area (Å²) in [5.41, 5.74) is 2.83. The smallest absolute Gasteiger partial charge is 0.305 e. The lowest BCUT2D eigenvalue weighted by Crippen LogP contribution is -2.35. The number of carboxylic acids is 1. The summed E-state index contributed by atoms with van der Waals surface area (Å²) < 4.78 is 13.5. The van der Waals surface area contributed by atoms with E-state index in [-0.39, 0.29) is 23.3 Å². The van der Waals surface area contributed by atoms with Crippen molar-refractivity contribution in [2.75, 3.05) is 36.4 Å². The molecule has 1 aliphatic carbocycles. The van der Waals surface area contributed by atoms with Crippen molar-refractivity contribution in [3.63, 3.8) is 0 Å². The molecule has 0 bridgehead atoms. The van der Waals surface area contributed by atoms with Crippen molar-refractivity contribution in [1.82, 2.24) is 10.2 Å². The second kappa shape index (κ2) is 13.4. The van der Waals surface area contributed by atoms with E-state index < -0.39 is 30.2 Å². The Balaban J connectivity index is 1.35. The van der Waals surface area contributed by atoms with E-state index in [0.29, 0.717) is 60.7 Å². The lowest BCUT2D eigenvalue weighted by atomic mass is 10.0. The quantitative estimate of drug-likeness (QED) is 0.333. The van der Waals surface area contributed by atoms with E-state index in [4.69, 9.17) is 5.26 Å². The van der Waals surface area contributed by atoms with Crippen LogP contribution in [0, 0.1) is 23.1 Å². The molecule has 0 aromatic heterocycles. The van der Waals surface area contributed by atoms with E-state index in [9.17, 15) is 28.7 Å². The normalized spacial score (nSPS) is 15.5. The van der Waals surface area contributed by atoms with Gasteiger partial charge in [-0.05, 0) is 79.4 Å². The van der Waals surface area contributed by atoms with Gasteiger partial charge in [-0.2, -0.15) is 5.26 Å². The maximum Gasteiger partial charge on any atom is 0.305 e. The molecule has 11 heteroatoms. The number of carbonyl (C=O) groups is 4. The van der Waals surface area contributed by atoms with E-state index in [1.807, 2.05) is 0 Å². The third-order valence-electron chi connectivity index (χ3n) is 7.81. The second-order valence-electron chi connectivity index (χ2n) is 11.0. The third kappa shape index (κ3) is 7.39. The zero-order chi connectivity index (χ0) is 31.2. The van der Waals surface area contributed by atoms with Crippen LogP contribution in [0.25, 0.3) is 0 Å². The molecular formula is C33H32FN5O5. The molecule has 3 aromatic rings. The first-order valence-corrected chi connectivity index (χ1v) is 14.5. The van der Waals surface area contributed by atoms with Gasteiger partial charge in [0.2, 0.25) is 5.91 Å². The first kappa shape index (κ1) is 30.2. The molecule has 44 heavy (non-hydrogen) atoms. The minimum absolute atomic E-state index is 0.0802. The van der Waals surface area contributed by atoms with Crippen LogP contribution in [0.4, 0.5) is 15.8 Å². The Kier molecular flexibility index (Phi) is 9.19. The number of nitriles is 1. The molecule has 1 saturated carbocycles. The summed E-state index contributed by atoms with van der Waals surface area (Å²) in [6.45, 7) is 2.07. The van der Waals surface area contributed by atoms with E-state index >= 15 is 0 Å². The molecule has 1 aliphatic heterocycles. The minimum Gasteiger partial charge on any atom is -0.481 e. The zero-order valence-corrected chi connectivity index (χ0v) is 24.0. The molecule has 0 spiro atoms. The summed E-state index contributed by atoms with van der Waals surface area (Å²) in [5, 5.41) is 24.2. The largest absolute Gasteiger partial charge is 0.481 e. The van der Waals surface area contributed by atoms with Gasteiger partial charge in [0.15, 0.2) is 0 Å². The lowest BCUT2D eigenvalue weighted by Gasteiger charge is -2.27. The lowest BCUT2D eigenvalue weighted by molar-refractivity contribution is -0.137. The molecule has 1 heterocycles. The van der Waals surface area contributed by atoms with Gasteiger partial charge in [-0.3, -0.25) is 19.2 Å². The van der Waals surface area contributed by atoms with Crippen LogP contribution >= 0.6 is 0 Å². The van der Waals surface area contributed by atoms with Gasteiger partial charge in [0.1, 0.15) is 5.82 Å². The van der Waals surface area contributed by atoms with Crippen molar-refractivity contribution in [3.8, 4) is 6.07 Å². The molecule has 1 atom stereocenters. The molecule has 3 amide bonds. The van der Waals surface area contributed by atoms with Crippen LogP contribution in [0.3, 0.4) is 0 Å². The topological polar surface area (TPSA) is 143 Å². The molecule has 2 fully saturated rings. The van der Waals surface area contributed by atoms with Crippen molar-refractivity contribution < 1.29 is 28.7 Å². The summed E-state index contributed by atoms with van der Waals surface area (Å²) >= 11 is 0. The summed E-state index contributed by atoms with van der Waals surface area (Å²) in [5.74, 6) is -2.47. The Morgan fingerprint density at radius 3 is 2.30 bits per heavy atom. The van der Waals surface area contributed by atoms with Crippen LogP contribution < -0.4 is 15.5 Å². The average Bonchev–Trinajstić information content (AvgIpc) is 3.89. The molecule has 226 valence electrons. The number of halogens is 1. The summed E-state index contributed by atoms with van der Waals surface area (Å²) in [4.78, 5) is 54.7. The number of hydrogen-bond donors (Lipinski definition) is 3. The number of rotatable bonds is 9. The zero-order valence-electron chi connectivity index (χ0n) is 24.0.